The van der Waals surface area contributed by atoms with Crippen LogP contribution in [-0.2, 0) is 6.18 Å². The van der Waals surface area contributed by atoms with E-state index >= 15 is 0 Å². The highest BCUT2D eigenvalue weighted by molar-refractivity contribution is 5.45. The summed E-state index contributed by atoms with van der Waals surface area (Å²) in [7, 11) is 0. The highest BCUT2D eigenvalue weighted by Crippen LogP contribution is 2.48. The smallest absolute Gasteiger partial charge is 0.384 e. The van der Waals surface area contributed by atoms with Gasteiger partial charge >= 0.3 is 6.18 Å². The van der Waals surface area contributed by atoms with Gasteiger partial charge in [0, 0.05) is 12.6 Å². The second-order valence-electron chi connectivity index (χ2n) is 4.71. The molecule has 2 rings (SSSR count). The van der Waals surface area contributed by atoms with Gasteiger partial charge in [0.2, 0.25) is 5.82 Å². The molecule has 100 valence electrons. The molecule has 4 nitrogen and oxygen atoms in total. The van der Waals surface area contributed by atoms with Crippen LogP contribution in [-0.4, -0.2) is 16.5 Å². The Balaban J connectivity index is 2.11. The first kappa shape index (κ1) is 12.9. The molecule has 0 amide bonds. The van der Waals surface area contributed by atoms with E-state index in [-0.39, 0.29) is 17.1 Å². The number of nitrogens with two attached hydrogens (primary N) is 1. The summed E-state index contributed by atoms with van der Waals surface area (Å²) >= 11 is 0. The highest BCUT2D eigenvalue weighted by atomic mass is 19.4. The van der Waals surface area contributed by atoms with Crippen molar-refractivity contribution in [3.63, 3.8) is 0 Å². The summed E-state index contributed by atoms with van der Waals surface area (Å²) in [6.45, 7) is 2.70. The van der Waals surface area contributed by atoms with Crippen LogP contribution in [0.3, 0.4) is 0 Å². The second kappa shape index (κ2) is 4.29. The van der Waals surface area contributed by atoms with Crippen molar-refractivity contribution in [1.29, 1.82) is 0 Å². The van der Waals surface area contributed by atoms with Crippen LogP contribution in [0.2, 0.25) is 0 Å². The number of nitrogens with zero attached hydrogens (tertiary/aromatic N) is 2. The molecule has 7 heteroatoms. The van der Waals surface area contributed by atoms with Crippen molar-refractivity contribution in [2.45, 2.75) is 32.4 Å². The zero-order valence-electron chi connectivity index (χ0n) is 10.0. The van der Waals surface area contributed by atoms with Crippen LogP contribution in [0.5, 0.6) is 0 Å². The van der Waals surface area contributed by atoms with Crippen molar-refractivity contribution in [3.8, 4) is 0 Å². The summed E-state index contributed by atoms with van der Waals surface area (Å²) in [4.78, 5) is 6.63. The van der Waals surface area contributed by atoms with Gasteiger partial charge in [0.15, 0.2) is 0 Å². The molecule has 1 fully saturated rings. The molecular formula is C11H15F3N4. The van der Waals surface area contributed by atoms with Crippen molar-refractivity contribution in [2.75, 3.05) is 17.6 Å². The number of aromatic nitrogens is 2. The summed E-state index contributed by atoms with van der Waals surface area (Å²) < 4.78 is 37.5. The number of hydrogen-bond acceptors (Lipinski definition) is 4. The van der Waals surface area contributed by atoms with Gasteiger partial charge in [-0.25, -0.2) is 9.97 Å². The molecule has 1 aliphatic carbocycles. The Kier molecular flexibility index (Phi) is 3.08. The number of anilines is 2. The lowest BCUT2D eigenvalue weighted by molar-refractivity contribution is -0.144. The first-order chi connectivity index (χ1) is 8.35. The van der Waals surface area contributed by atoms with Crippen molar-refractivity contribution >= 4 is 11.6 Å². The van der Waals surface area contributed by atoms with Gasteiger partial charge in [-0.2, -0.15) is 13.2 Å². The van der Waals surface area contributed by atoms with Crippen LogP contribution >= 0.6 is 0 Å². The fourth-order valence-electron chi connectivity index (χ4n) is 1.79. The van der Waals surface area contributed by atoms with Gasteiger partial charge in [0.05, 0.1) is 0 Å². The highest BCUT2D eigenvalue weighted by Gasteiger charge is 2.40. The van der Waals surface area contributed by atoms with E-state index in [0.29, 0.717) is 6.54 Å². The Hall–Kier alpha value is -1.53. The van der Waals surface area contributed by atoms with Crippen molar-refractivity contribution < 1.29 is 13.2 Å². The molecule has 0 radical (unpaired) electrons. The maximum absolute atomic E-state index is 12.5. The third-order valence-electron chi connectivity index (χ3n) is 3.35. The normalized spacial score (nSPS) is 17.6. The summed E-state index contributed by atoms with van der Waals surface area (Å²) in [5.74, 6) is -1.25. The van der Waals surface area contributed by atoms with Crippen LogP contribution in [0.25, 0.3) is 0 Å². The summed E-state index contributed by atoms with van der Waals surface area (Å²) in [5.41, 5.74) is 5.57. The number of halogens is 3. The molecule has 0 saturated heterocycles. The topological polar surface area (TPSA) is 63.8 Å². The van der Waals surface area contributed by atoms with Crippen molar-refractivity contribution in [1.82, 2.24) is 9.97 Å². The van der Waals surface area contributed by atoms with Gasteiger partial charge in [-0.05, 0) is 24.7 Å². The average molecular weight is 260 g/mol. The van der Waals surface area contributed by atoms with Crippen LogP contribution in [0, 0.1) is 5.41 Å². The average Bonchev–Trinajstić information content (AvgIpc) is 3.05. The third-order valence-corrected chi connectivity index (χ3v) is 3.35. The predicted molar refractivity (Wildman–Crippen MR) is 61.9 cm³/mol. The van der Waals surface area contributed by atoms with E-state index in [1.54, 1.807) is 0 Å². The molecule has 0 aromatic carbocycles. The predicted octanol–water partition coefficient (Wildman–Crippen LogP) is 2.68. The Morgan fingerprint density at radius 2 is 2.06 bits per heavy atom. The molecular weight excluding hydrogens is 245 g/mol. The van der Waals surface area contributed by atoms with Gasteiger partial charge < -0.3 is 11.1 Å². The molecule has 1 aliphatic rings. The number of alkyl halides is 3. The summed E-state index contributed by atoms with van der Waals surface area (Å²) in [6, 6.07) is 1.32. The van der Waals surface area contributed by atoms with Crippen molar-refractivity contribution in [3.05, 3.63) is 11.9 Å². The number of rotatable bonds is 4. The minimum Gasteiger partial charge on any atom is -0.384 e. The molecule has 0 aliphatic heterocycles. The molecule has 0 bridgehead atoms. The molecule has 0 atom stereocenters. The van der Waals surface area contributed by atoms with Gasteiger partial charge in [-0.3, -0.25) is 0 Å². The lowest BCUT2D eigenvalue weighted by Crippen LogP contribution is -2.18. The van der Waals surface area contributed by atoms with Gasteiger partial charge in [-0.1, -0.05) is 6.92 Å². The lowest BCUT2D eigenvalue weighted by atomic mass is 10.0. The van der Waals surface area contributed by atoms with Crippen molar-refractivity contribution in [2.24, 2.45) is 5.41 Å². The van der Waals surface area contributed by atoms with Crippen LogP contribution in [0.1, 0.15) is 32.0 Å². The molecule has 1 saturated carbocycles. The summed E-state index contributed by atoms with van der Waals surface area (Å²) in [5, 5.41) is 2.92. The lowest BCUT2D eigenvalue weighted by Gasteiger charge is -2.15. The van der Waals surface area contributed by atoms with E-state index in [1.807, 2.05) is 0 Å². The quantitative estimate of drug-likeness (QED) is 0.873. The molecule has 1 aromatic rings. The Labute approximate surface area is 103 Å². The standard InChI is InChI=1S/C11H15F3N4/c1-2-10(3-4-10)6-16-8-5-7(15)17-9(18-8)11(12,13)14/h5H,2-4,6H2,1H3,(H3,15,16,17,18). The number of hydrogen-bond donors (Lipinski definition) is 2. The second-order valence-corrected chi connectivity index (χ2v) is 4.71. The van der Waals surface area contributed by atoms with Gasteiger partial charge in [0.25, 0.3) is 0 Å². The fourth-order valence-corrected chi connectivity index (χ4v) is 1.79. The maximum atomic E-state index is 12.5. The first-order valence-electron chi connectivity index (χ1n) is 5.80. The molecule has 0 unspecified atom stereocenters. The first-order valence-corrected chi connectivity index (χ1v) is 5.80. The zero-order valence-corrected chi connectivity index (χ0v) is 10.0. The van der Waals surface area contributed by atoms with E-state index in [4.69, 9.17) is 5.73 Å². The molecule has 3 N–H and O–H groups in total. The fraction of sp³-hybridized carbons (Fsp3) is 0.636. The molecule has 1 aromatic heterocycles. The van der Waals surface area contributed by atoms with Gasteiger partial charge in [0.1, 0.15) is 11.6 Å². The van der Waals surface area contributed by atoms with Crippen LogP contribution in [0.4, 0.5) is 24.8 Å². The van der Waals surface area contributed by atoms with Crippen LogP contribution in [0.15, 0.2) is 6.07 Å². The van der Waals surface area contributed by atoms with Gasteiger partial charge in [-0.15, -0.1) is 0 Å². The Morgan fingerprint density at radius 1 is 1.39 bits per heavy atom. The van der Waals surface area contributed by atoms with E-state index in [2.05, 4.69) is 22.2 Å². The minimum atomic E-state index is -4.58. The van der Waals surface area contributed by atoms with E-state index in [0.717, 1.165) is 19.3 Å². The van der Waals surface area contributed by atoms with E-state index in [1.165, 1.54) is 6.07 Å². The maximum Gasteiger partial charge on any atom is 0.451 e. The minimum absolute atomic E-state index is 0.134. The summed E-state index contributed by atoms with van der Waals surface area (Å²) in [6.07, 6.45) is -1.37. The Bertz CT molecular complexity index is 440. The number of nitrogens with one attached hydrogen (secondary N) is 1. The Morgan fingerprint density at radius 3 is 2.56 bits per heavy atom. The molecule has 1 heterocycles. The number of nitrogen functional groups attached to an aromatic ring is 1. The third kappa shape index (κ3) is 2.83. The molecule has 18 heavy (non-hydrogen) atoms. The van der Waals surface area contributed by atoms with E-state index < -0.39 is 12.0 Å². The molecule has 0 spiro atoms. The van der Waals surface area contributed by atoms with Crippen LogP contribution < -0.4 is 11.1 Å². The zero-order chi connectivity index (χ0) is 13.4. The van der Waals surface area contributed by atoms with E-state index in [9.17, 15) is 13.2 Å². The SMILES string of the molecule is CCC1(CNc2cc(N)nc(C(F)(F)F)n2)CC1. The monoisotopic (exact) mass is 260 g/mol. The largest absolute Gasteiger partial charge is 0.451 e.